The number of aryl methyl sites for hydroxylation is 1. The highest BCUT2D eigenvalue weighted by Crippen LogP contribution is 2.15. The van der Waals surface area contributed by atoms with Crippen molar-refractivity contribution in [3.63, 3.8) is 0 Å². The average molecular weight is 456 g/mol. The van der Waals surface area contributed by atoms with Gasteiger partial charge in [0.25, 0.3) is 0 Å². The molecular weight excluding hydrogens is 422 g/mol. The molecule has 0 saturated heterocycles. The quantitative estimate of drug-likeness (QED) is 0.313. The van der Waals surface area contributed by atoms with Crippen molar-refractivity contribution in [3.8, 4) is 5.75 Å². The Kier molecular flexibility index (Phi) is 9.87. The lowest BCUT2D eigenvalue weighted by Crippen LogP contribution is -2.54. The van der Waals surface area contributed by atoms with Gasteiger partial charge in [0.05, 0.1) is 6.04 Å². The third-order valence-electron chi connectivity index (χ3n) is 5.18. The molecule has 2 aromatic carbocycles. The van der Waals surface area contributed by atoms with E-state index in [1.807, 2.05) is 44.2 Å². The highest BCUT2D eigenvalue weighted by atomic mass is 16.4. The standard InChI is InChI=1S/C25H33N3O5/c1-16(2)15-22(24(31)27-19-10-12-20(29)13-11-19)28-23(30)21(26-17(3)25(32)33)14-9-18-7-5-4-6-8-18/h4-8,10-13,16-17,21-22,26,29H,9,14-15H2,1-3H3,(H,27,31)(H,28,30)(H,32,33)/t17-,21+,22+/m1/s1. The maximum atomic E-state index is 13.1. The lowest BCUT2D eigenvalue weighted by molar-refractivity contribution is -0.139. The summed E-state index contributed by atoms with van der Waals surface area (Å²) in [6.45, 7) is 5.38. The number of hydrogen-bond donors (Lipinski definition) is 5. The fourth-order valence-corrected chi connectivity index (χ4v) is 3.37. The molecule has 3 atom stereocenters. The summed E-state index contributed by atoms with van der Waals surface area (Å²) < 4.78 is 0. The molecule has 5 N–H and O–H groups in total. The second-order valence-corrected chi connectivity index (χ2v) is 8.53. The molecule has 8 nitrogen and oxygen atoms in total. The number of phenolic OH excluding ortho intramolecular Hbond substituents is 1. The van der Waals surface area contributed by atoms with Gasteiger partial charge in [0, 0.05) is 5.69 Å². The molecule has 0 aliphatic carbocycles. The maximum Gasteiger partial charge on any atom is 0.320 e. The summed E-state index contributed by atoms with van der Waals surface area (Å²) in [5.41, 5.74) is 1.53. The van der Waals surface area contributed by atoms with Crippen LogP contribution in [0.5, 0.6) is 5.75 Å². The molecule has 0 aliphatic rings. The van der Waals surface area contributed by atoms with Crippen LogP contribution in [0.1, 0.15) is 39.2 Å². The number of nitrogens with one attached hydrogen (secondary N) is 3. The van der Waals surface area contributed by atoms with E-state index >= 15 is 0 Å². The molecule has 2 amide bonds. The van der Waals surface area contributed by atoms with Crippen LogP contribution in [0, 0.1) is 5.92 Å². The van der Waals surface area contributed by atoms with Crippen LogP contribution in [0.3, 0.4) is 0 Å². The molecule has 33 heavy (non-hydrogen) atoms. The minimum atomic E-state index is -1.06. The van der Waals surface area contributed by atoms with E-state index in [0.29, 0.717) is 24.9 Å². The van der Waals surface area contributed by atoms with Crippen LogP contribution < -0.4 is 16.0 Å². The van der Waals surface area contributed by atoms with E-state index in [1.54, 1.807) is 12.1 Å². The normalized spacial score (nSPS) is 13.7. The van der Waals surface area contributed by atoms with Crippen molar-refractivity contribution in [2.45, 2.75) is 58.2 Å². The highest BCUT2D eigenvalue weighted by Gasteiger charge is 2.28. The van der Waals surface area contributed by atoms with Crippen molar-refractivity contribution < 1.29 is 24.6 Å². The zero-order valence-corrected chi connectivity index (χ0v) is 19.2. The van der Waals surface area contributed by atoms with Gasteiger partial charge < -0.3 is 20.8 Å². The molecule has 0 saturated carbocycles. The molecule has 0 heterocycles. The van der Waals surface area contributed by atoms with Crippen LogP contribution in [0.2, 0.25) is 0 Å². The number of carbonyl (C=O) groups is 3. The molecule has 2 rings (SSSR count). The van der Waals surface area contributed by atoms with Crippen LogP contribution in [-0.4, -0.2) is 46.1 Å². The molecule has 8 heteroatoms. The van der Waals surface area contributed by atoms with Gasteiger partial charge in [-0.1, -0.05) is 44.2 Å². The smallest absolute Gasteiger partial charge is 0.320 e. The molecule has 0 fully saturated rings. The van der Waals surface area contributed by atoms with Gasteiger partial charge in [0.2, 0.25) is 11.8 Å². The second-order valence-electron chi connectivity index (χ2n) is 8.53. The minimum absolute atomic E-state index is 0.0833. The number of aliphatic carboxylic acids is 1. The summed E-state index contributed by atoms with van der Waals surface area (Å²) >= 11 is 0. The van der Waals surface area contributed by atoms with Crippen LogP contribution in [0.4, 0.5) is 5.69 Å². The average Bonchev–Trinajstić information content (AvgIpc) is 2.77. The molecule has 0 unspecified atom stereocenters. The number of hydrogen-bond acceptors (Lipinski definition) is 5. The maximum absolute atomic E-state index is 13.1. The Hall–Kier alpha value is -3.39. The largest absolute Gasteiger partial charge is 0.508 e. The minimum Gasteiger partial charge on any atom is -0.508 e. The number of carboxylic acid groups (broad SMARTS) is 1. The summed E-state index contributed by atoms with van der Waals surface area (Å²) in [5, 5.41) is 27.1. The van der Waals surface area contributed by atoms with Gasteiger partial charge in [0.1, 0.15) is 17.8 Å². The van der Waals surface area contributed by atoms with E-state index in [9.17, 15) is 24.6 Å². The van der Waals surface area contributed by atoms with Gasteiger partial charge in [0.15, 0.2) is 0 Å². The van der Waals surface area contributed by atoms with E-state index in [2.05, 4.69) is 16.0 Å². The number of aromatic hydroxyl groups is 1. The zero-order valence-electron chi connectivity index (χ0n) is 19.2. The van der Waals surface area contributed by atoms with Gasteiger partial charge in [-0.15, -0.1) is 0 Å². The van der Waals surface area contributed by atoms with Crippen molar-refractivity contribution in [2.24, 2.45) is 5.92 Å². The molecular formula is C25H33N3O5. The number of carboxylic acids is 1. The van der Waals surface area contributed by atoms with Crippen LogP contribution >= 0.6 is 0 Å². The number of amides is 2. The summed E-state index contributed by atoms with van der Waals surface area (Å²) in [4.78, 5) is 37.4. The number of rotatable bonds is 12. The fraction of sp³-hybridized carbons (Fsp3) is 0.400. The van der Waals surface area contributed by atoms with Gasteiger partial charge in [-0.3, -0.25) is 19.7 Å². The van der Waals surface area contributed by atoms with Crippen molar-refractivity contribution >= 4 is 23.5 Å². The number of anilines is 1. The van der Waals surface area contributed by atoms with E-state index in [4.69, 9.17) is 0 Å². The monoisotopic (exact) mass is 455 g/mol. The summed E-state index contributed by atoms with van der Waals surface area (Å²) in [6.07, 6.45) is 1.36. The number of benzene rings is 2. The van der Waals surface area contributed by atoms with Gasteiger partial charge in [-0.05, 0) is 61.9 Å². The Morgan fingerprint density at radius 1 is 0.879 bits per heavy atom. The molecule has 0 bridgehead atoms. The van der Waals surface area contributed by atoms with Gasteiger partial charge >= 0.3 is 5.97 Å². The van der Waals surface area contributed by atoms with E-state index in [-0.39, 0.29) is 17.6 Å². The lowest BCUT2D eigenvalue weighted by atomic mass is 10.0. The Labute approximate surface area is 194 Å². The van der Waals surface area contributed by atoms with Crippen LogP contribution in [-0.2, 0) is 20.8 Å². The van der Waals surface area contributed by atoms with Crippen molar-refractivity contribution in [3.05, 3.63) is 60.2 Å². The Balaban J connectivity index is 2.12. The van der Waals surface area contributed by atoms with E-state index < -0.39 is 30.0 Å². The van der Waals surface area contributed by atoms with Crippen molar-refractivity contribution in [1.82, 2.24) is 10.6 Å². The topological polar surface area (TPSA) is 128 Å². The SMILES string of the molecule is CC(C)C[C@H](NC(=O)[C@H](CCc1ccccc1)N[C@H](C)C(=O)O)C(=O)Nc1ccc(O)cc1. The molecule has 178 valence electrons. The first-order valence-corrected chi connectivity index (χ1v) is 11.1. The summed E-state index contributed by atoms with van der Waals surface area (Å²) in [7, 11) is 0. The third kappa shape index (κ3) is 8.94. The Morgan fingerprint density at radius 2 is 1.52 bits per heavy atom. The number of phenols is 1. The first-order chi connectivity index (χ1) is 15.7. The molecule has 0 aliphatic heterocycles. The lowest BCUT2D eigenvalue weighted by Gasteiger charge is -2.25. The predicted octanol–water partition coefficient (Wildman–Crippen LogP) is 2.93. The molecule has 2 aromatic rings. The first-order valence-electron chi connectivity index (χ1n) is 11.1. The Bertz CT molecular complexity index is 915. The van der Waals surface area contributed by atoms with Gasteiger partial charge in [-0.25, -0.2) is 0 Å². The summed E-state index contributed by atoms with van der Waals surface area (Å²) in [5.74, 6) is -1.65. The highest BCUT2D eigenvalue weighted by molar-refractivity contribution is 5.98. The zero-order chi connectivity index (χ0) is 24.4. The third-order valence-corrected chi connectivity index (χ3v) is 5.18. The first kappa shape index (κ1) is 25.9. The Morgan fingerprint density at radius 3 is 2.09 bits per heavy atom. The molecule has 0 aromatic heterocycles. The number of carbonyl (C=O) groups excluding carboxylic acids is 2. The fourth-order valence-electron chi connectivity index (χ4n) is 3.37. The van der Waals surface area contributed by atoms with Crippen LogP contribution in [0.25, 0.3) is 0 Å². The van der Waals surface area contributed by atoms with E-state index in [1.165, 1.54) is 19.1 Å². The second kappa shape index (κ2) is 12.6. The molecule has 0 spiro atoms. The predicted molar refractivity (Wildman–Crippen MR) is 127 cm³/mol. The van der Waals surface area contributed by atoms with Crippen molar-refractivity contribution in [2.75, 3.05) is 5.32 Å². The van der Waals surface area contributed by atoms with Gasteiger partial charge in [-0.2, -0.15) is 0 Å². The summed E-state index contributed by atoms with van der Waals surface area (Å²) in [6, 6.07) is 13.2. The van der Waals surface area contributed by atoms with E-state index in [0.717, 1.165) is 5.56 Å². The van der Waals surface area contributed by atoms with Crippen LogP contribution in [0.15, 0.2) is 54.6 Å². The molecule has 0 radical (unpaired) electrons. The van der Waals surface area contributed by atoms with Crippen molar-refractivity contribution in [1.29, 1.82) is 0 Å².